The third-order valence-corrected chi connectivity index (χ3v) is 3.53. The van der Waals surface area contributed by atoms with Crippen LogP contribution in [0.1, 0.15) is 19.4 Å². The Morgan fingerprint density at radius 3 is 2.81 bits per heavy atom. The minimum absolute atomic E-state index is 0.325. The molecule has 0 aliphatic heterocycles. The number of nitrogens with two attached hydrogens (primary N) is 1. The van der Waals surface area contributed by atoms with Gasteiger partial charge >= 0.3 is 5.97 Å². The molecule has 0 amide bonds. The van der Waals surface area contributed by atoms with Gasteiger partial charge in [-0.2, -0.15) is 5.10 Å². The van der Waals surface area contributed by atoms with Crippen LogP contribution in [0.3, 0.4) is 0 Å². The van der Waals surface area contributed by atoms with E-state index in [4.69, 9.17) is 10.5 Å². The standard InChI is InChI=1S/C16H21N3O2/c1-16(2,15(20)21-3)19-11-14(10-18-19)13-6-4-5-12(9-13)7-8-17/h4-6,9-11H,7-8,17H2,1-3H3. The van der Waals surface area contributed by atoms with Crippen molar-refractivity contribution in [1.29, 1.82) is 0 Å². The van der Waals surface area contributed by atoms with E-state index in [2.05, 4.69) is 17.2 Å². The lowest BCUT2D eigenvalue weighted by atomic mass is 10.0. The van der Waals surface area contributed by atoms with Gasteiger partial charge in [0.2, 0.25) is 0 Å². The van der Waals surface area contributed by atoms with Gasteiger partial charge in [0, 0.05) is 11.8 Å². The van der Waals surface area contributed by atoms with Gasteiger partial charge in [-0.15, -0.1) is 0 Å². The Kier molecular flexibility index (Phi) is 4.43. The zero-order valence-corrected chi connectivity index (χ0v) is 12.7. The summed E-state index contributed by atoms with van der Waals surface area (Å²) in [7, 11) is 1.38. The average molecular weight is 287 g/mol. The molecule has 0 aliphatic rings. The normalized spacial score (nSPS) is 11.4. The molecule has 2 rings (SSSR count). The van der Waals surface area contributed by atoms with Crippen molar-refractivity contribution in [2.75, 3.05) is 13.7 Å². The molecule has 0 fully saturated rings. The van der Waals surface area contributed by atoms with E-state index in [9.17, 15) is 4.79 Å². The Morgan fingerprint density at radius 2 is 2.14 bits per heavy atom. The molecule has 5 heteroatoms. The van der Waals surface area contributed by atoms with Crippen LogP contribution in [-0.2, 0) is 21.5 Å². The fourth-order valence-corrected chi connectivity index (χ4v) is 2.19. The van der Waals surface area contributed by atoms with Crippen molar-refractivity contribution in [3.8, 4) is 11.1 Å². The molecule has 2 N–H and O–H groups in total. The van der Waals surface area contributed by atoms with Crippen molar-refractivity contribution in [3.63, 3.8) is 0 Å². The first-order valence-electron chi connectivity index (χ1n) is 6.92. The second-order valence-electron chi connectivity index (χ2n) is 5.46. The smallest absolute Gasteiger partial charge is 0.333 e. The van der Waals surface area contributed by atoms with Gasteiger partial charge in [0.1, 0.15) is 0 Å². The van der Waals surface area contributed by atoms with Gasteiger partial charge in [-0.25, -0.2) is 4.79 Å². The largest absolute Gasteiger partial charge is 0.467 e. The van der Waals surface area contributed by atoms with E-state index in [-0.39, 0.29) is 5.97 Å². The van der Waals surface area contributed by atoms with Gasteiger partial charge in [-0.1, -0.05) is 24.3 Å². The SMILES string of the molecule is COC(=O)C(C)(C)n1cc(-c2cccc(CCN)c2)cn1. The van der Waals surface area contributed by atoms with Crippen LogP contribution in [-0.4, -0.2) is 29.4 Å². The molecule has 0 spiro atoms. The first kappa shape index (κ1) is 15.3. The van der Waals surface area contributed by atoms with Gasteiger partial charge in [0.15, 0.2) is 5.54 Å². The second kappa shape index (κ2) is 6.10. The number of hydrogen-bond acceptors (Lipinski definition) is 4. The number of rotatable bonds is 5. The Balaban J connectivity index is 2.32. The fourth-order valence-electron chi connectivity index (χ4n) is 2.19. The van der Waals surface area contributed by atoms with Gasteiger partial charge in [0.25, 0.3) is 0 Å². The monoisotopic (exact) mass is 287 g/mol. The number of methoxy groups -OCH3 is 1. The molecule has 2 aromatic rings. The third kappa shape index (κ3) is 3.13. The van der Waals surface area contributed by atoms with Crippen molar-refractivity contribution >= 4 is 5.97 Å². The Hall–Kier alpha value is -2.14. The van der Waals surface area contributed by atoms with Gasteiger partial charge in [-0.05, 0) is 37.9 Å². The van der Waals surface area contributed by atoms with Gasteiger partial charge in [0.05, 0.1) is 13.3 Å². The van der Waals surface area contributed by atoms with Crippen molar-refractivity contribution < 1.29 is 9.53 Å². The van der Waals surface area contributed by atoms with E-state index in [1.54, 1.807) is 24.7 Å². The summed E-state index contributed by atoms with van der Waals surface area (Å²) in [6, 6.07) is 8.17. The fraction of sp³-hybridized carbons (Fsp3) is 0.375. The highest BCUT2D eigenvalue weighted by Crippen LogP contribution is 2.24. The molecule has 21 heavy (non-hydrogen) atoms. The third-order valence-electron chi connectivity index (χ3n) is 3.53. The molecule has 1 aromatic heterocycles. The maximum Gasteiger partial charge on any atom is 0.333 e. The number of carbonyl (C=O) groups excluding carboxylic acids is 1. The molecule has 0 saturated heterocycles. The minimum atomic E-state index is -0.831. The summed E-state index contributed by atoms with van der Waals surface area (Å²) in [6.45, 7) is 4.18. The maximum absolute atomic E-state index is 11.8. The number of nitrogens with zero attached hydrogens (tertiary/aromatic N) is 2. The summed E-state index contributed by atoms with van der Waals surface area (Å²) in [5.41, 5.74) is 7.98. The van der Waals surface area contributed by atoms with Crippen LogP contribution >= 0.6 is 0 Å². The first-order valence-corrected chi connectivity index (χ1v) is 6.92. The summed E-state index contributed by atoms with van der Waals surface area (Å²) in [5, 5.41) is 4.30. The lowest BCUT2D eigenvalue weighted by Crippen LogP contribution is -2.37. The van der Waals surface area contributed by atoms with E-state index in [1.807, 2.05) is 18.3 Å². The molecule has 0 aliphatic carbocycles. The summed E-state index contributed by atoms with van der Waals surface area (Å²) >= 11 is 0. The molecule has 5 nitrogen and oxygen atoms in total. The molecule has 0 saturated carbocycles. The minimum Gasteiger partial charge on any atom is -0.467 e. The van der Waals surface area contributed by atoms with E-state index >= 15 is 0 Å². The van der Waals surface area contributed by atoms with E-state index in [1.165, 1.54) is 12.7 Å². The highest BCUT2D eigenvalue weighted by atomic mass is 16.5. The number of aromatic nitrogens is 2. The number of carbonyl (C=O) groups is 1. The molecular formula is C16H21N3O2. The first-order chi connectivity index (χ1) is 9.98. The summed E-state index contributed by atoms with van der Waals surface area (Å²) < 4.78 is 6.45. The van der Waals surface area contributed by atoms with Crippen LogP contribution in [0.25, 0.3) is 11.1 Å². The van der Waals surface area contributed by atoms with Crippen LogP contribution in [0.15, 0.2) is 36.7 Å². The summed E-state index contributed by atoms with van der Waals surface area (Å²) in [4.78, 5) is 11.8. The summed E-state index contributed by atoms with van der Waals surface area (Å²) in [6.07, 6.45) is 4.46. The molecular weight excluding hydrogens is 266 g/mol. The Labute approximate surface area is 124 Å². The quantitative estimate of drug-likeness (QED) is 0.853. The lowest BCUT2D eigenvalue weighted by Gasteiger charge is -2.21. The van der Waals surface area contributed by atoms with Gasteiger partial charge in [-0.3, -0.25) is 4.68 Å². The maximum atomic E-state index is 11.8. The average Bonchev–Trinajstić information content (AvgIpc) is 2.97. The number of hydrogen-bond donors (Lipinski definition) is 1. The van der Waals surface area contributed by atoms with Crippen molar-refractivity contribution in [2.45, 2.75) is 25.8 Å². The van der Waals surface area contributed by atoms with Crippen molar-refractivity contribution in [1.82, 2.24) is 9.78 Å². The second-order valence-corrected chi connectivity index (χ2v) is 5.46. The zero-order valence-electron chi connectivity index (χ0n) is 12.7. The predicted octanol–water partition coefficient (Wildman–Crippen LogP) is 1.96. The van der Waals surface area contributed by atoms with Crippen LogP contribution in [0.2, 0.25) is 0 Å². The number of esters is 1. The van der Waals surface area contributed by atoms with E-state index in [0.29, 0.717) is 6.54 Å². The highest BCUT2D eigenvalue weighted by molar-refractivity contribution is 5.78. The predicted molar refractivity (Wildman–Crippen MR) is 81.8 cm³/mol. The molecule has 112 valence electrons. The molecule has 1 aromatic carbocycles. The number of ether oxygens (including phenoxy) is 1. The molecule has 0 radical (unpaired) electrons. The Bertz CT molecular complexity index is 632. The molecule has 1 heterocycles. The number of benzene rings is 1. The lowest BCUT2D eigenvalue weighted by molar-refractivity contribution is -0.150. The van der Waals surface area contributed by atoms with Crippen LogP contribution in [0, 0.1) is 0 Å². The topological polar surface area (TPSA) is 70.1 Å². The Morgan fingerprint density at radius 1 is 1.38 bits per heavy atom. The van der Waals surface area contributed by atoms with E-state index < -0.39 is 5.54 Å². The van der Waals surface area contributed by atoms with Crippen molar-refractivity contribution in [3.05, 3.63) is 42.2 Å². The van der Waals surface area contributed by atoms with Gasteiger partial charge < -0.3 is 10.5 Å². The molecule has 0 atom stereocenters. The van der Waals surface area contributed by atoms with E-state index in [0.717, 1.165) is 17.5 Å². The zero-order chi connectivity index (χ0) is 15.5. The highest BCUT2D eigenvalue weighted by Gasteiger charge is 2.31. The van der Waals surface area contributed by atoms with Crippen LogP contribution in [0.5, 0.6) is 0 Å². The molecule has 0 unspecified atom stereocenters. The van der Waals surface area contributed by atoms with Crippen LogP contribution in [0.4, 0.5) is 0 Å². The molecule has 0 bridgehead atoms. The van der Waals surface area contributed by atoms with Crippen molar-refractivity contribution in [2.24, 2.45) is 5.73 Å². The van der Waals surface area contributed by atoms with Crippen LogP contribution < -0.4 is 5.73 Å². The summed E-state index contributed by atoms with van der Waals surface area (Å²) in [5.74, 6) is -0.325.